The molecule has 0 unspecified atom stereocenters. The third kappa shape index (κ3) is 2.80. The Kier molecular flexibility index (Phi) is 3.81. The first-order valence-electron chi connectivity index (χ1n) is 7.12. The van der Waals surface area contributed by atoms with Crippen molar-refractivity contribution in [2.75, 3.05) is 13.1 Å². The van der Waals surface area contributed by atoms with E-state index in [1.54, 1.807) is 6.07 Å². The molecule has 116 valence electrons. The van der Waals surface area contributed by atoms with E-state index >= 15 is 0 Å². The number of pyridine rings is 1. The van der Waals surface area contributed by atoms with Gasteiger partial charge in [-0.25, -0.2) is 0 Å². The molecule has 2 atom stereocenters. The minimum Gasteiger partial charge on any atom is -0.391 e. The van der Waals surface area contributed by atoms with E-state index in [2.05, 4.69) is 10.1 Å². The Morgan fingerprint density at radius 3 is 3.05 bits per heavy atom. The second-order valence-corrected chi connectivity index (χ2v) is 5.59. The first kappa shape index (κ1) is 14.5. The molecule has 1 amide bonds. The quantitative estimate of drug-likeness (QED) is 0.852. The molecule has 2 aromatic rings. The molecule has 7 heteroatoms. The van der Waals surface area contributed by atoms with E-state index in [0.717, 1.165) is 5.69 Å². The third-order valence-corrected chi connectivity index (χ3v) is 3.88. The lowest BCUT2D eigenvalue weighted by Crippen LogP contribution is -2.33. The summed E-state index contributed by atoms with van der Waals surface area (Å²) in [5, 5.41) is 14.0. The molecule has 3 rings (SSSR count). The highest BCUT2D eigenvalue weighted by Crippen LogP contribution is 2.23. The zero-order valence-corrected chi connectivity index (χ0v) is 12.2. The number of rotatable bonds is 3. The molecule has 22 heavy (non-hydrogen) atoms. The monoisotopic (exact) mass is 303 g/mol. The van der Waals surface area contributed by atoms with Gasteiger partial charge in [0.2, 0.25) is 0 Å². The number of carbonyl (C=O) groups is 1. The number of aromatic nitrogens is 2. The van der Waals surface area contributed by atoms with Crippen LogP contribution in [0.3, 0.4) is 0 Å². The molecular formula is C15H17N3O4. The molecule has 1 aliphatic heterocycles. The van der Waals surface area contributed by atoms with Crippen molar-refractivity contribution in [1.82, 2.24) is 15.0 Å². The van der Waals surface area contributed by atoms with Crippen LogP contribution in [0.25, 0.3) is 0 Å². The van der Waals surface area contributed by atoms with E-state index in [-0.39, 0.29) is 23.9 Å². The van der Waals surface area contributed by atoms with E-state index < -0.39 is 11.7 Å². The van der Waals surface area contributed by atoms with Crippen LogP contribution in [0.2, 0.25) is 0 Å². The number of carbonyl (C=O) groups excluding carboxylic acids is 1. The van der Waals surface area contributed by atoms with Crippen molar-refractivity contribution in [3.63, 3.8) is 0 Å². The predicted octanol–water partition coefficient (Wildman–Crippen LogP) is 0.347. The Bertz CT molecular complexity index is 736. The lowest BCUT2D eigenvalue weighted by Gasteiger charge is -2.15. The van der Waals surface area contributed by atoms with Gasteiger partial charge in [-0.1, -0.05) is 5.16 Å². The standard InChI is InChI=1S/C15H17N3O4/c1-9-5-11(22-17-9)6-10-7-18(8-13(10)19)15(21)12-3-2-4-16-14(12)20/h2-5,10,13,19H,6-8H2,1H3,(H,16,20)/t10-,13+/m1/s1. The maximum Gasteiger partial charge on any atom is 0.260 e. The van der Waals surface area contributed by atoms with Gasteiger partial charge in [0, 0.05) is 37.7 Å². The summed E-state index contributed by atoms with van der Waals surface area (Å²) in [6.45, 7) is 2.43. The fraction of sp³-hybridized carbons (Fsp3) is 0.400. The Balaban J connectivity index is 1.71. The zero-order valence-electron chi connectivity index (χ0n) is 12.2. The number of hydrogen-bond donors (Lipinski definition) is 2. The molecule has 1 aliphatic rings. The van der Waals surface area contributed by atoms with Crippen LogP contribution in [0.15, 0.2) is 33.7 Å². The van der Waals surface area contributed by atoms with Crippen LogP contribution in [0.4, 0.5) is 0 Å². The van der Waals surface area contributed by atoms with Gasteiger partial charge in [0.15, 0.2) is 0 Å². The summed E-state index contributed by atoms with van der Waals surface area (Å²) >= 11 is 0. The molecule has 0 saturated carbocycles. The summed E-state index contributed by atoms with van der Waals surface area (Å²) in [6, 6.07) is 4.91. The molecule has 2 aromatic heterocycles. The van der Waals surface area contributed by atoms with Gasteiger partial charge >= 0.3 is 0 Å². The molecule has 0 aromatic carbocycles. The molecule has 0 aliphatic carbocycles. The molecule has 1 saturated heterocycles. The SMILES string of the molecule is Cc1cc(C[C@@H]2CN(C(=O)c3ccc[nH]c3=O)C[C@@H]2O)on1. The average Bonchev–Trinajstić information content (AvgIpc) is 3.06. The number of β-amino-alcohol motifs (C(OH)–C–C–N with tert-alkyl or cyclic N) is 1. The molecule has 0 bridgehead atoms. The van der Waals surface area contributed by atoms with Crippen molar-refractivity contribution >= 4 is 5.91 Å². The molecular weight excluding hydrogens is 286 g/mol. The van der Waals surface area contributed by atoms with E-state index in [4.69, 9.17) is 4.52 Å². The number of amides is 1. The fourth-order valence-electron chi connectivity index (χ4n) is 2.75. The van der Waals surface area contributed by atoms with Crippen LogP contribution in [0, 0.1) is 12.8 Å². The third-order valence-electron chi connectivity index (χ3n) is 3.88. The van der Waals surface area contributed by atoms with Gasteiger partial charge in [0.25, 0.3) is 11.5 Å². The number of nitrogens with one attached hydrogen (secondary N) is 1. The summed E-state index contributed by atoms with van der Waals surface area (Å²) in [6.07, 6.45) is 1.35. The maximum atomic E-state index is 12.4. The van der Waals surface area contributed by atoms with E-state index in [1.165, 1.54) is 17.2 Å². The second-order valence-electron chi connectivity index (χ2n) is 5.59. The Morgan fingerprint density at radius 1 is 1.55 bits per heavy atom. The van der Waals surface area contributed by atoms with Crippen molar-refractivity contribution in [1.29, 1.82) is 0 Å². The van der Waals surface area contributed by atoms with Crippen LogP contribution >= 0.6 is 0 Å². The van der Waals surface area contributed by atoms with Crippen LogP contribution in [-0.2, 0) is 6.42 Å². The Hall–Kier alpha value is -2.41. The van der Waals surface area contributed by atoms with Gasteiger partial charge in [-0.2, -0.15) is 0 Å². The fourth-order valence-corrected chi connectivity index (χ4v) is 2.75. The number of aliphatic hydroxyl groups is 1. The van der Waals surface area contributed by atoms with Crippen LogP contribution < -0.4 is 5.56 Å². The minimum atomic E-state index is -0.642. The van der Waals surface area contributed by atoms with Gasteiger partial charge in [-0.15, -0.1) is 0 Å². The number of nitrogens with zero attached hydrogens (tertiary/aromatic N) is 2. The van der Waals surface area contributed by atoms with Crippen molar-refractivity contribution in [3.8, 4) is 0 Å². The summed E-state index contributed by atoms with van der Waals surface area (Å²) < 4.78 is 5.15. The normalized spacial score (nSPS) is 21.3. The summed E-state index contributed by atoms with van der Waals surface area (Å²) in [7, 11) is 0. The lowest BCUT2D eigenvalue weighted by molar-refractivity contribution is 0.0763. The molecule has 0 spiro atoms. The van der Waals surface area contributed by atoms with Crippen LogP contribution in [0.1, 0.15) is 21.8 Å². The van der Waals surface area contributed by atoms with Gasteiger partial charge in [-0.3, -0.25) is 9.59 Å². The van der Waals surface area contributed by atoms with Gasteiger partial charge in [-0.05, 0) is 19.1 Å². The summed E-state index contributed by atoms with van der Waals surface area (Å²) in [5.41, 5.74) is 0.452. The van der Waals surface area contributed by atoms with Crippen molar-refractivity contribution in [3.05, 3.63) is 51.8 Å². The topological polar surface area (TPSA) is 99.4 Å². The predicted molar refractivity (Wildman–Crippen MR) is 77.4 cm³/mol. The minimum absolute atomic E-state index is 0.0888. The highest BCUT2D eigenvalue weighted by molar-refractivity contribution is 5.94. The molecule has 3 heterocycles. The second kappa shape index (κ2) is 5.76. The molecule has 2 N–H and O–H groups in total. The van der Waals surface area contributed by atoms with Crippen LogP contribution in [-0.4, -0.2) is 45.2 Å². The average molecular weight is 303 g/mol. The van der Waals surface area contributed by atoms with Crippen molar-refractivity contribution in [2.45, 2.75) is 19.4 Å². The Labute approximate surface area is 126 Å². The zero-order chi connectivity index (χ0) is 15.7. The number of likely N-dealkylation sites (tertiary alicyclic amines) is 1. The van der Waals surface area contributed by atoms with Crippen molar-refractivity contribution in [2.24, 2.45) is 5.92 Å². The summed E-state index contributed by atoms with van der Waals surface area (Å²) in [4.78, 5) is 28.0. The largest absolute Gasteiger partial charge is 0.391 e. The van der Waals surface area contributed by atoms with Crippen molar-refractivity contribution < 1.29 is 14.4 Å². The molecule has 1 fully saturated rings. The van der Waals surface area contributed by atoms with Crippen LogP contribution in [0.5, 0.6) is 0 Å². The smallest absolute Gasteiger partial charge is 0.260 e. The first-order chi connectivity index (χ1) is 10.5. The van der Waals surface area contributed by atoms with Gasteiger partial charge in [0.1, 0.15) is 11.3 Å². The summed E-state index contributed by atoms with van der Waals surface area (Å²) in [5.74, 6) is 0.199. The highest BCUT2D eigenvalue weighted by Gasteiger charge is 2.35. The maximum absolute atomic E-state index is 12.4. The number of H-pyrrole nitrogens is 1. The van der Waals surface area contributed by atoms with E-state index in [0.29, 0.717) is 18.7 Å². The van der Waals surface area contributed by atoms with Gasteiger partial charge in [0.05, 0.1) is 11.8 Å². The van der Waals surface area contributed by atoms with E-state index in [9.17, 15) is 14.7 Å². The molecule has 7 nitrogen and oxygen atoms in total. The number of aromatic amines is 1. The number of aryl methyl sites for hydroxylation is 1. The molecule has 0 radical (unpaired) electrons. The Morgan fingerprint density at radius 2 is 2.36 bits per heavy atom. The number of aliphatic hydroxyl groups excluding tert-OH is 1. The number of hydrogen-bond acceptors (Lipinski definition) is 5. The van der Waals surface area contributed by atoms with E-state index in [1.807, 2.05) is 13.0 Å². The first-order valence-corrected chi connectivity index (χ1v) is 7.12. The lowest BCUT2D eigenvalue weighted by atomic mass is 10.0. The highest BCUT2D eigenvalue weighted by atomic mass is 16.5. The van der Waals surface area contributed by atoms with Gasteiger partial charge < -0.3 is 19.5 Å².